The molecule has 2 fully saturated rings. The van der Waals surface area contributed by atoms with Gasteiger partial charge in [-0.15, -0.1) is 0 Å². The molecule has 106 valence electrons. The largest absolute Gasteiger partial charge is 0.455 e. The maximum absolute atomic E-state index is 11.5. The molecule has 0 unspecified atom stereocenters. The Balaban J connectivity index is 2.05. The lowest BCUT2D eigenvalue weighted by Crippen LogP contribution is -2.48. The lowest BCUT2D eigenvalue weighted by atomic mass is 9.63. The molecule has 0 aliphatic heterocycles. The van der Waals surface area contributed by atoms with Gasteiger partial charge in [0.1, 0.15) is 5.60 Å². The monoisotopic (exact) mass is 262 g/mol. The second-order valence-corrected chi connectivity index (χ2v) is 7.84. The number of carbonyl (C=O) groups is 1. The third-order valence-corrected chi connectivity index (χ3v) is 6.62. The van der Waals surface area contributed by atoms with Gasteiger partial charge in [-0.1, -0.05) is 26.8 Å². The molecule has 0 amide bonds. The summed E-state index contributed by atoms with van der Waals surface area (Å²) >= 11 is 0. The molecule has 2 bridgehead atoms. The summed E-state index contributed by atoms with van der Waals surface area (Å²) in [6.07, 6.45) is 8.19. The Morgan fingerprint density at radius 3 is 2.63 bits per heavy atom. The van der Waals surface area contributed by atoms with Gasteiger partial charge >= 0.3 is 5.97 Å². The van der Waals surface area contributed by atoms with Gasteiger partial charge in [-0.2, -0.15) is 0 Å². The zero-order valence-electron chi connectivity index (χ0n) is 12.8. The Morgan fingerprint density at radius 1 is 1.32 bits per heavy atom. The van der Waals surface area contributed by atoms with E-state index in [0.29, 0.717) is 11.3 Å². The molecule has 0 radical (unpaired) electrons. The molecule has 2 saturated carbocycles. The molecule has 3 rings (SSSR count). The number of esters is 1. The minimum absolute atomic E-state index is 0.151. The summed E-state index contributed by atoms with van der Waals surface area (Å²) in [5, 5.41) is 0. The van der Waals surface area contributed by atoms with Crippen molar-refractivity contribution in [1.29, 1.82) is 0 Å². The van der Waals surface area contributed by atoms with Crippen LogP contribution in [0.5, 0.6) is 0 Å². The van der Waals surface area contributed by atoms with Crippen LogP contribution < -0.4 is 0 Å². The van der Waals surface area contributed by atoms with E-state index < -0.39 is 5.60 Å². The highest BCUT2D eigenvalue weighted by Crippen LogP contribution is 2.72. The molecule has 3 aliphatic carbocycles. The fraction of sp³-hybridized carbons (Fsp3) is 0.824. The molecular weight excluding hydrogens is 236 g/mol. The summed E-state index contributed by atoms with van der Waals surface area (Å²) < 4.78 is 5.79. The number of fused-ring (bicyclic) bond motifs is 1. The minimum Gasteiger partial charge on any atom is -0.455 e. The van der Waals surface area contributed by atoms with Crippen molar-refractivity contribution in [3.8, 4) is 0 Å². The first-order chi connectivity index (χ1) is 8.73. The second-order valence-electron chi connectivity index (χ2n) is 7.84. The quantitative estimate of drug-likeness (QED) is 0.528. The van der Waals surface area contributed by atoms with Crippen LogP contribution in [0.4, 0.5) is 0 Å². The topological polar surface area (TPSA) is 26.3 Å². The van der Waals surface area contributed by atoms with Crippen LogP contribution in [0.2, 0.25) is 0 Å². The predicted octanol–water partition coefficient (Wildman–Crippen LogP) is 3.96. The van der Waals surface area contributed by atoms with E-state index in [1.165, 1.54) is 26.2 Å². The van der Waals surface area contributed by atoms with Crippen molar-refractivity contribution in [1.82, 2.24) is 0 Å². The Hall–Kier alpha value is -0.790. The molecule has 0 saturated heterocycles. The summed E-state index contributed by atoms with van der Waals surface area (Å²) in [5.74, 6) is 1.95. The van der Waals surface area contributed by atoms with Gasteiger partial charge in [0.2, 0.25) is 0 Å². The standard InChI is InChI=1S/C17H26O2/c1-11-6-9-17-10-13(11)15(3,4)14(17)7-8-16(17,5)19-12(2)18/h7-8,11,13-14H,6,9-10H2,1-5H3/t11-,13+,14+,16+,17-/m1/s1. The SMILES string of the molecule is CC(=O)O[C@@]1(C)C=C[C@H]2C(C)(C)[C@H]3C[C@]21CC[C@H]3C. The van der Waals surface area contributed by atoms with Gasteiger partial charge in [-0.3, -0.25) is 4.79 Å². The fourth-order valence-electron chi connectivity index (χ4n) is 5.68. The lowest BCUT2D eigenvalue weighted by molar-refractivity contribution is -0.166. The average Bonchev–Trinajstić information content (AvgIpc) is 2.65. The molecule has 0 aromatic rings. The van der Waals surface area contributed by atoms with Crippen molar-refractivity contribution in [2.24, 2.45) is 28.6 Å². The van der Waals surface area contributed by atoms with E-state index >= 15 is 0 Å². The number of ether oxygens (including phenoxy) is 1. The van der Waals surface area contributed by atoms with Crippen molar-refractivity contribution < 1.29 is 9.53 Å². The van der Waals surface area contributed by atoms with Crippen molar-refractivity contribution in [3.63, 3.8) is 0 Å². The molecule has 0 heterocycles. The third kappa shape index (κ3) is 1.46. The highest BCUT2D eigenvalue weighted by atomic mass is 16.6. The van der Waals surface area contributed by atoms with E-state index in [0.717, 1.165) is 11.8 Å². The van der Waals surface area contributed by atoms with Gasteiger partial charge in [0.05, 0.1) is 0 Å². The van der Waals surface area contributed by atoms with Gasteiger partial charge < -0.3 is 4.74 Å². The predicted molar refractivity (Wildman–Crippen MR) is 75.5 cm³/mol. The molecule has 2 nitrogen and oxygen atoms in total. The Kier molecular flexibility index (Phi) is 2.54. The van der Waals surface area contributed by atoms with Crippen molar-refractivity contribution in [3.05, 3.63) is 12.2 Å². The summed E-state index contributed by atoms with van der Waals surface area (Å²) in [4.78, 5) is 11.5. The number of hydrogen-bond donors (Lipinski definition) is 0. The third-order valence-electron chi connectivity index (χ3n) is 6.62. The molecule has 3 aliphatic rings. The highest BCUT2D eigenvalue weighted by molar-refractivity contribution is 5.67. The minimum atomic E-state index is -0.393. The van der Waals surface area contributed by atoms with Gasteiger partial charge in [0.25, 0.3) is 0 Å². The van der Waals surface area contributed by atoms with Crippen LogP contribution in [0.25, 0.3) is 0 Å². The Bertz CT molecular complexity index is 450. The molecule has 0 aromatic carbocycles. The van der Waals surface area contributed by atoms with Crippen LogP contribution in [0.15, 0.2) is 12.2 Å². The Labute approximate surface area is 116 Å². The van der Waals surface area contributed by atoms with E-state index in [1.54, 1.807) is 0 Å². The average molecular weight is 262 g/mol. The fourth-order valence-corrected chi connectivity index (χ4v) is 5.68. The molecule has 0 N–H and O–H groups in total. The van der Waals surface area contributed by atoms with Crippen molar-refractivity contribution >= 4 is 5.97 Å². The van der Waals surface area contributed by atoms with Crippen molar-refractivity contribution in [2.75, 3.05) is 0 Å². The van der Waals surface area contributed by atoms with E-state index in [9.17, 15) is 4.79 Å². The maximum atomic E-state index is 11.5. The summed E-state index contributed by atoms with van der Waals surface area (Å²) in [7, 11) is 0. The zero-order valence-corrected chi connectivity index (χ0v) is 12.8. The van der Waals surface area contributed by atoms with Gasteiger partial charge in [-0.25, -0.2) is 0 Å². The number of allylic oxidation sites excluding steroid dienone is 1. The molecule has 0 aromatic heterocycles. The van der Waals surface area contributed by atoms with Crippen LogP contribution in [-0.2, 0) is 9.53 Å². The normalized spacial score (nSPS) is 50.1. The van der Waals surface area contributed by atoms with E-state index in [-0.39, 0.29) is 11.4 Å². The van der Waals surface area contributed by atoms with Crippen molar-refractivity contribution in [2.45, 2.75) is 59.5 Å². The number of hydrogen-bond acceptors (Lipinski definition) is 2. The second kappa shape index (κ2) is 3.65. The van der Waals surface area contributed by atoms with Gasteiger partial charge in [0, 0.05) is 12.3 Å². The molecular formula is C17H26O2. The summed E-state index contributed by atoms with van der Waals surface area (Å²) in [6.45, 7) is 10.9. The molecule has 2 heteroatoms. The number of rotatable bonds is 1. The van der Waals surface area contributed by atoms with E-state index in [4.69, 9.17) is 4.74 Å². The lowest BCUT2D eigenvalue weighted by Gasteiger charge is -2.46. The van der Waals surface area contributed by atoms with Gasteiger partial charge in [0.15, 0.2) is 0 Å². The first-order valence-corrected chi connectivity index (χ1v) is 7.62. The van der Waals surface area contributed by atoms with E-state index in [2.05, 4.69) is 39.8 Å². The van der Waals surface area contributed by atoms with Crippen LogP contribution in [-0.4, -0.2) is 11.6 Å². The maximum Gasteiger partial charge on any atom is 0.303 e. The molecule has 19 heavy (non-hydrogen) atoms. The Morgan fingerprint density at radius 2 is 2.00 bits per heavy atom. The summed E-state index contributed by atoms with van der Waals surface area (Å²) in [6, 6.07) is 0. The highest BCUT2D eigenvalue weighted by Gasteiger charge is 2.69. The van der Waals surface area contributed by atoms with Crippen LogP contribution >= 0.6 is 0 Å². The van der Waals surface area contributed by atoms with Gasteiger partial charge in [-0.05, 0) is 55.4 Å². The zero-order chi connectivity index (χ0) is 14.1. The number of carbonyl (C=O) groups excluding carboxylic acids is 1. The van der Waals surface area contributed by atoms with Crippen LogP contribution in [0, 0.1) is 28.6 Å². The first-order valence-electron chi connectivity index (χ1n) is 7.62. The smallest absolute Gasteiger partial charge is 0.303 e. The molecule has 5 atom stereocenters. The molecule has 1 spiro atoms. The van der Waals surface area contributed by atoms with E-state index in [1.807, 2.05) is 0 Å². The summed E-state index contributed by atoms with van der Waals surface area (Å²) in [5.41, 5.74) is 0.0827. The van der Waals surface area contributed by atoms with Crippen LogP contribution in [0.1, 0.15) is 53.9 Å². The first kappa shape index (κ1) is 13.2. The van der Waals surface area contributed by atoms with Crippen LogP contribution in [0.3, 0.4) is 0 Å².